The second kappa shape index (κ2) is 15.0. The number of rotatable bonds is 12. The van der Waals surface area contributed by atoms with Crippen molar-refractivity contribution in [3.05, 3.63) is 108 Å². The van der Waals surface area contributed by atoms with Crippen molar-refractivity contribution in [1.29, 1.82) is 0 Å². The Kier molecular flexibility index (Phi) is 11.2. The summed E-state index contributed by atoms with van der Waals surface area (Å²) in [5.41, 5.74) is 2.16. The molecular formula is C35H40N4O5S. The number of carbonyl (C=O) groups is 3. The lowest BCUT2D eigenvalue weighted by Crippen LogP contribution is -2.55. The van der Waals surface area contributed by atoms with Gasteiger partial charge in [0.1, 0.15) is 11.1 Å². The van der Waals surface area contributed by atoms with Crippen LogP contribution in [0.15, 0.2) is 96.0 Å². The Hall–Kier alpha value is -4.41. The third kappa shape index (κ3) is 9.79. The normalized spacial score (nSPS) is 14.2. The van der Waals surface area contributed by atoms with Crippen LogP contribution >= 0.6 is 0 Å². The Labute approximate surface area is 266 Å². The smallest absolute Gasteiger partial charge is 0.251 e. The first-order chi connectivity index (χ1) is 21.4. The molecule has 0 aliphatic heterocycles. The van der Waals surface area contributed by atoms with Crippen molar-refractivity contribution in [2.75, 3.05) is 5.75 Å². The Morgan fingerprint density at radius 1 is 0.844 bits per heavy atom. The quantitative estimate of drug-likeness (QED) is 0.189. The number of aliphatic hydroxyl groups excluding tert-OH is 1. The molecule has 0 radical (unpaired) electrons. The molecule has 3 amide bonds. The number of para-hydroxylation sites is 1. The second-order valence-corrected chi connectivity index (χ2v) is 13.5. The van der Waals surface area contributed by atoms with Crippen molar-refractivity contribution in [1.82, 2.24) is 20.9 Å². The highest BCUT2D eigenvalue weighted by Crippen LogP contribution is 2.18. The van der Waals surface area contributed by atoms with E-state index < -0.39 is 46.3 Å². The molecule has 0 aliphatic rings. The van der Waals surface area contributed by atoms with Crippen LogP contribution in [-0.4, -0.2) is 61.5 Å². The average molecular weight is 629 g/mol. The molecular weight excluding hydrogens is 588 g/mol. The van der Waals surface area contributed by atoms with E-state index in [0.29, 0.717) is 21.7 Å². The number of aromatic nitrogens is 1. The van der Waals surface area contributed by atoms with Gasteiger partial charge in [-0.1, -0.05) is 72.8 Å². The molecule has 1 aromatic heterocycles. The highest BCUT2D eigenvalue weighted by molar-refractivity contribution is 7.85. The highest BCUT2D eigenvalue weighted by Gasteiger charge is 2.30. The summed E-state index contributed by atoms with van der Waals surface area (Å²) in [6.07, 6.45) is -0.724. The van der Waals surface area contributed by atoms with E-state index in [1.165, 1.54) is 6.92 Å². The molecule has 4 atom stereocenters. The maximum absolute atomic E-state index is 13.7. The fraction of sp³-hybridized carbons (Fsp3) is 0.314. The number of amides is 3. The van der Waals surface area contributed by atoms with Crippen LogP contribution in [0.3, 0.4) is 0 Å². The monoisotopic (exact) mass is 628 g/mol. The zero-order valence-electron chi connectivity index (χ0n) is 25.9. The van der Waals surface area contributed by atoms with Crippen molar-refractivity contribution < 1.29 is 23.7 Å². The third-order valence-corrected chi connectivity index (χ3v) is 8.42. The van der Waals surface area contributed by atoms with Crippen LogP contribution in [0.5, 0.6) is 0 Å². The topological polar surface area (TPSA) is 137 Å². The van der Waals surface area contributed by atoms with Crippen LogP contribution in [0.1, 0.15) is 49.2 Å². The minimum absolute atomic E-state index is 0.0866. The van der Waals surface area contributed by atoms with Crippen LogP contribution in [-0.2, 0) is 33.2 Å². The SMILES string of the molecule is CC(=O)N[C@H](CS(=O)c1ccc2ccccc2n1)C(=O)N[C@@H](Cc1ccccc1)[C@H](O)Cc1ccccc1C(=O)NC(C)(C)C. The van der Waals surface area contributed by atoms with Crippen molar-refractivity contribution in [2.24, 2.45) is 0 Å². The molecule has 1 unspecified atom stereocenters. The summed E-state index contributed by atoms with van der Waals surface area (Å²) in [5.74, 6) is -1.51. The first kappa shape index (κ1) is 33.5. The second-order valence-electron chi connectivity index (χ2n) is 12.0. The number of nitrogens with zero attached hydrogens (tertiary/aromatic N) is 1. The fourth-order valence-corrected chi connectivity index (χ4v) is 6.10. The lowest BCUT2D eigenvalue weighted by molar-refractivity contribution is -0.128. The number of carbonyl (C=O) groups excluding carboxylic acids is 3. The number of benzene rings is 3. The lowest BCUT2D eigenvalue weighted by Gasteiger charge is -2.28. The number of hydrogen-bond donors (Lipinski definition) is 4. The number of fused-ring (bicyclic) bond motifs is 1. The van der Waals surface area contributed by atoms with Gasteiger partial charge in [-0.3, -0.25) is 18.6 Å². The molecule has 4 aromatic rings. The van der Waals surface area contributed by atoms with Gasteiger partial charge < -0.3 is 21.1 Å². The summed E-state index contributed by atoms with van der Waals surface area (Å²) in [6, 6.07) is 25.4. The molecule has 0 aliphatic carbocycles. The molecule has 45 heavy (non-hydrogen) atoms. The molecule has 0 saturated heterocycles. The van der Waals surface area contributed by atoms with Gasteiger partial charge in [-0.05, 0) is 56.5 Å². The van der Waals surface area contributed by atoms with Gasteiger partial charge >= 0.3 is 0 Å². The van der Waals surface area contributed by atoms with Crippen molar-refractivity contribution in [3.63, 3.8) is 0 Å². The highest BCUT2D eigenvalue weighted by atomic mass is 32.2. The Balaban J connectivity index is 1.56. The van der Waals surface area contributed by atoms with E-state index in [1.807, 2.05) is 81.4 Å². The van der Waals surface area contributed by atoms with Gasteiger partial charge in [0, 0.05) is 29.8 Å². The summed E-state index contributed by atoms with van der Waals surface area (Å²) in [7, 11) is -1.71. The van der Waals surface area contributed by atoms with E-state index in [1.54, 1.807) is 30.3 Å². The maximum Gasteiger partial charge on any atom is 0.251 e. The van der Waals surface area contributed by atoms with E-state index in [4.69, 9.17) is 0 Å². The standard InChI is InChI=1S/C35H40N4O5S/c1-23(40)36-30(22-45(44)32-19-18-25-14-9-11-17-28(25)37-32)34(43)38-29(20-24-12-6-5-7-13-24)31(41)21-26-15-8-10-16-27(26)33(42)39-35(2,3)4/h5-19,29-31,41H,20-22H2,1-4H3,(H,36,40)(H,38,43)(H,39,42)/t29-,30+,31+,45?/m0/s1. The zero-order chi connectivity index (χ0) is 32.6. The Bertz CT molecular complexity index is 1670. The van der Waals surface area contributed by atoms with Gasteiger partial charge in [0.25, 0.3) is 5.91 Å². The summed E-state index contributed by atoms with van der Waals surface area (Å²) in [4.78, 5) is 43.3. The first-order valence-electron chi connectivity index (χ1n) is 14.8. The van der Waals surface area contributed by atoms with E-state index in [9.17, 15) is 23.7 Å². The Morgan fingerprint density at radius 3 is 2.22 bits per heavy atom. The van der Waals surface area contributed by atoms with E-state index in [0.717, 1.165) is 10.9 Å². The molecule has 0 spiro atoms. The lowest BCUT2D eigenvalue weighted by atomic mass is 9.93. The number of nitrogens with one attached hydrogen (secondary N) is 3. The van der Waals surface area contributed by atoms with Crippen LogP contribution in [0, 0.1) is 0 Å². The predicted molar refractivity (Wildman–Crippen MR) is 176 cm³/mol. The molecule has 0 saturated carbocycles. The molecule has 0 bridgehead atoms. The first-order valence-corrected chi connectivity index (χ1v) is 16.2. The molecule has 4 N–H and O–H groups in total. The summed E-state index contributed by atoms with van der Waals surface area (Å²) in [6.45, 7) is 6.96. The van der Waals surface area contributed by atoms with Gasteiger partial charge in [-0.15, -0.1) is 0 Å². The van der Waals surface area contributed by atoms with Crippen LogP contribution in [0.25, 0.3) is 10.9 Å². The molecule has 236 valence electrons. The summed E-state index contributed by atoms with van der Waals surface area (Å²) in [5, 5.41) is 21.2. The van der Waals surface area contributed by atoms with Gasteiger partial charge in [-0.25, -0.2) is 4.98 Å². The predicted octanol–water partition coefficient (Wildman–Crippen LogP) is 3.71. The van der Waals surface area contributed by atoms with E-state index in [2.05, 4.69) is 20.9 Å². The number of aliphatic hydroxyl groups is 1. The molecule has 1 heterocycles. The van der Waals surface area contributed by atoms with Gasteiger partial charge in [0.15, 0.2) is 0 Å². The molecule has 0 fully saturated rings. The maximum atomic E-state index is 13.7. The van der Waals surface area contributed by atoms with Crippen LogP contribution in [0.2, 0.25) is 0 Å². The number of hydrogen-bond acceptors (Lipinski definition) is 6. The summed E-state index contributed by atoms with van der Waals surface area (Å²) < 4.78 is 13.4. The van der Waals surface area contributed by atoms with Gasteiger partial charge in [0.05, 0.1) is 34.2 Å². The molecule has 9 nitrogen and oxygen atoms in total. The Morgan fingerprint density at radius 2 is 1.51 bits per heavy atom. The van der Waals surface area contributed by atoms with Gasteiger partial charge in [-0.2, -0.15) is 0 Å². The van der Waals surface area contributed by atoms with Crippen molar-refractivity contribution >= 4 is 39.4 Å². The molecule has 3 aromatic carbocycles. The third-order valence-electron chi connectivity index (χ3n) is 7.09. The van der Waals surface area contributed by atoms with E-state index in [-0.39, 0.29) is 24.5 Å². The average Bonchev–Trinajstić information content (AvgIpc) is 2.99. The zero-order valence-corrected chi connectivity index (χ0v) is 26.8. The number of pyridine rings is 1. The van der Waals surface area contributed by atoms with Crippen LogP contribution in [0.4, 0.5) is 0 Å². The van der Waals surface area contributed by atoms with Crippen molar-refractivity contribution in [3.8, 4) is 0 Å². The summed E-state index contributed by atoms with van der Waals surface area (Å²) >= 11 is 0. The largest absolute Gasteiger partial charge is 0.391 e. The minimum atomic E-state index is -1.71. The van der Waals surface area contributed by atoms with Gasteiger partial charge in [0.2, 0.25) is 11.8 Å². The molecule has 10 heteroatoms. The minimum Gasteiger partial charge on any atom is -0.391 e. The van der Waals surface area contributed by atoms with Crippen molar-refractivity contribution in [2.45, 2.75) is 69.3 Å². The molecule has 4 rings (SSSR count). The van der Waals surface area contributed by atoms with E-state index >= 15 is 0 Å². The van der Waals surface area contributed by atoms with Crippen LogP contribution < -0.4 is 16.0 Å². The fourth-order valence-electron chi connectivity index (χ4n) is 4.97.